The fraction of sp³-hybridized carbons (Fsp3) is 0.308. The zero-order valence-electron chi connectivity index (χ0n) is 9.13. The highest BCUT2D eigenvalue weighted by Gasteiger charge is 2.05. The van der Waals surface area contributed by atoms with Crippen molar-refractivity contribution in [1.29, 1.82) is 5.26 Å². The number of hydrogen-bond acceptors (Lipinski definition) is 2. The number of benzene rings is 1. The van der Waals surface area contributed by atoms with E-state index in [1.54, 1.807) is 6.07 Å². The quantitative estimate of drug-likeness (QED) is 0.854. The lowest BCUT2D eigenvalue weighted by atomic mass is 10.1. The maximum absolute atomic E-state index is 8.79. The van der Waals surface area contributed by atoms with Gasteiger partial charge in [-0.15, -0.1) is 6.42 Å². The van der Waals surface area contributed by atoms with Crippen LogP contribution in [0.5, 0.6) is 0 Å². The molecule has 0 aliphatic heterocycles. The van der Waals surface area contributed by atoms with E-state index in [9.17, 15) is 0 Å². The fourth-order valence-electron chi connectivity index (χ4n) is 1.38. The van der Waals surface area contributed by atoms with Gasteiger partial charge in [0.25, 0.3) is 0 Å². The summed E-state index contributed by atoms with van der Waals surface area (Å²) in [5.41, 5.74) is 1.56. The van der Waals surface area contributed by atoms with E-state index in [2.05, 4.69) is 40.2 Å². The van der Waals surface area contributed by atoms with Crippen molar-refractivity contribution in [2.45, 2.75) is 25.8 Å². The molecule has 0 spiro atoms. The molecular weight excluding hydrogens is 264 g/mol. The Morgan fingerprint density at radius 1 is 1.56 bits per heavy atom. The van der Waals surface area contributed by atoms with Crippen LogP contribution in [0, 0.1) is 23.7 Å². The van der Waals surface area contributed by atoms with Gasteiger partial charge in [-0.2, -0.15) is 5.26 Å². The van der Waals surface area contributed by atoms with Crippen LogP contribution < -0.4 is 5.32 Å². The number of halogens is 1. The monoisotopic (exact) mass is 276 g/mol. The van der Waals surface area contributed by atoms with Crippen LogP contribution >= 0.6 is 15.9 Å². The summed E-state index contributed by atoms with van der Waals surface area (Å²) in [6.07, 6.45) is 7.40. The van der Waals surface area contributed by atoms with Crippen molar-refractivity contribution >= 4 is 21.6 Å². The van der Waals surface area contributed by atoms with E-state index in [1.165, 1.54) is 0 Å². The van der Waals surface area contributed by atoms with Gasteiger partial charge in [0.1, 0.15) is 6.07 Å². The van der Waals surface area contributed by atoms with Gasteiger partial charge in [-0.3, -0.25) is 0 Å². The zero-order chi connectivity index (χ0) is 12.0. The minimum absolute atomic E-state index is 0.0461. The third kappa shape index (κ3) is 3.29. The third-order valence-electron chi connectivity index (χ3n) is 2.21. The molecule has 0 aliphatic carbocycles. The number of nitrogens with one attached hydrogen (secondary N) is 1. The predicted molar refractivity (Wildman–Crippen MR) is 70.0 cm³/mol. The molecule has 1 aromatic rings. The first-order valence-corrected chi connectivity index (χ1v) is 5.93. The van der Waals surface area contributed by atoms with Gasteiger partial charge < -0.3 is 5.32 Å². The molecule has 16 heavy (non-hydrogen) atoms. The minimum atomic E-state index is 0.0461. The first-order valence-electron chi connectivity index (χ1n) is 5.13. The van der Waals surface area contributed by atoms with Crippen LogP contribution in [0.4, 0.5) is 5.69 Å². The van der Waals surface area contributed by atoms with E-state index in [4.69, 9.17) is 11.7 Å². The second-order valence-electron chi connectivity index (χ2n) is 3.46. The molecule has 0 saturated heterocycles. The van der Waals surface area contributed by atoms with E-state index in [1.807, 2.05) is 12.1 Å². The summed E-state index contributed by atoms with van der Waals surface area (Å²) < 4.78 is 0.785. The molecule has 1 atom stereocenters. The summed E-state index contributed by atoms with van der Waals surface area (Å²) in [6.45, 7) is 2.10. The second kappa shape index (κ2) is 6.20. The lowest BCUT2D eigenvalue weighted by Gasteiger charge is -2.13. The smallest absolute Gasteiger partial charge is 0.100 e. The molecule has 1 N–H and O–H groups in total. The molecular formula is C13H13BrN2. The fourth-order valence-corrected chi connectivity index (χ4v) is 1.85. The normalized spacial score (nSPS) is 11.2. The summed E-state index contributed by atoms with van der Waals surface area (Å²) in [6, 6.07) is 7.65. The zero-order valence-corrected chi connectivity index (χ0v) is 10.7. The molecule has 3 heteroatoms. The first-order chi connectivity index (χ1) is 7.71. The van der Waals surface area contributed by atoms with Gasteiger partial charge in [-0.05, 0) is 40.5 Å². The summed E-state index contributed by atoms with van der Waals surface area (Å²) in [7, 11) is 0. The van der Waals surface area contributed by atoms with Crippen molar-refractivity contribution in [2.24, 2.45) is 0 Å². The predicted octanol–water partition coefficient (Wildman–Crippen LogP) is 3.53. The summed E-state index contributed by atoms with van der Waals surface area (Å²) in [4.78, 5) is 0. The highest BCUT2D eigenvalue weighted by Crippen LogP contribution is 2.21. The van der Waals surface area contributed by atoms with Gasteiger partial charge >= 0.3 is 0 Å². The molecule has 0 heterocycles. The van der Waals surface area contributed by atoms with Crippen molar-refractivity contribution in [3.05, 3.63) is 28.2 Å². The van der Waals surface area contributed by atoms with Crippen LogP contribution in [0.25, 0.3) is 0 Å². The summed E-state index contributed by atoms with van der Waals surface area (Å²) in [5.74, 6) is 2.71. The van der Waals surface area contributed by atoms with Crippen molar-refractivity contribution in [3.8, 4) is 18.4 Å². The summed E-state index contributed by atoms with van der Waals surface area (Å²) in [5, 5.41) is 12.0. The molecule has 2 nitrogen and oxygen atoms in total. The minimum Gasteiger partial charge on any atom is -0.372 e. The Hall–Kier alpha value is -1.45. The molecule has 1 unspecified atom stereocenters. The lowest BCUT2D eigenvalue weighted by molar-refractivity contribution is 0.756. The largest absolute Gasteiger partial charge is 0.372 e. The molecule has 0 bridgehead atoms. The van der Waals surface area contributed by atoms with Gasteiger partial charge in [-0.25, -0.2) is 0 Å². The molecule has 0 amide bonds. The van der Waals surface area contributed by atoms with Crippen molar-refractivity contribution in [1.82, 2.24) is 0 Å². The Bertz CT molecular complexity index is 440. The first kappa shape index (κ1) is 12.6. The van der Waals surface area contributed by atoms with E-state index in [0.717, 1.165) is 23.0 Å². The molecule has 82 valence electrons. The molecule has 0 fully saturated rings. The molecule has 0 aromatic heterocycles. The van der Waals surface area contributed by atoms with Crippen LogP contribution in [-0.4, -0.2) is 6.04 Å². The molecule has 1 aromatic carbocycles. The van der Waals surface area contributed by atoms with Gasteiger partial charge in [0.15, 0.2) is 0 Å². The Kier molecular flexibility index (Phi) is 4.89. The molecule has 0 aliphatic rings. The second-order valence-corrected chi connectivity index (χ2v) is 4.31. The van der Waals surface area contributed by atoms with Crippen LogP contribution in [0.2, 0.25) is 0 Å². The third-order valence-corrected chi connectivity index (χ3v) is 2.87. The Balaban J connectivity index is 2.79. The van der Waals surface area contributed by atoms with Gasteiger partial charge in [0, 0.05) is 10.2 Å². The number of terminal acetylenes is 1. The van der Waals surface area contributed by atoms with Crippen molar-refractivity contribution in [2.75, 3.05) is 5.32 Å². The van der Waals surface area contributed by atoms with Crippen LogP contribution in [0.15, 0.2) is 22.7 Å². The Morgan fingerprint density at radius 2 is 2.31 bits per heavy atom. The standard InChI is InChI=1S/C13H13BrN2/c1-3-5-11(4-2)16-12-7-6-10(9-15)13(14)8-12/h2,6-8,11,16H,3,5H2,1H3. The highest BCUT2D eigenvalue weighted by molar-refractivity contribution is 9.10. The number of hydrogen-bond donors (Lipinski definition) is 1. The van der Waals surface area contributed by atoms with Gasteiger partial charge in [-0.1, -0.05) is 19.3 Å². The van der Waals surface area contributed by atoms with Crippen molar-refractivity contribution in [3.63, 3.8) is 0 Å². The van der Waals surface area contributed by atoms with E-state index in [0.29, 0.717) is 5.56 Å². The van der Waals surface area contributed by atoms with Crippen molar-refractivity contribution < 1.29 is 0 Å². The van der Waals surface area contributed by atoms with E-state index < -0.39 is 0 Å². The Morgan fingerprint density at radius 3 is 2.81 bits per heavy atom. The van der Waals surface area contributed by atoms with E-state index >= 15 is 0 Å². The molecule has 1 rings (SSSR count). The number of anilines is 1. The molecule has 0 saturated carbocycles. The number of nitrogens with zero attached hydrogens (tertiary/aromatic N) is 1. The topological polar surface area (TPSA) is 35.8 Å². The van der Waals surface area contributed by atoms with Gasteiger partial charge in [0.05, 0.1) is 11.6 Å². The maximum atomic E-state index is 8.79. The summed E-state index contributed by atoms with van der Waals surface area (Å²) >= 11 is 3.34. The SMILES string of the molecule is C#CC(CCC)Nc1ccc(C#N)c(Br)c1. The number of rotatable bonds is 4. The molecule has 0 radical (unpaired) electrons. The van der Waals surface area contributed by atoms with Crippen LogP contribution in [-0.2, 0) is 0 Å². The highest BCUT2D eigenvalue weighted by atomic mass is 79.9. The van der Waals surface area contributed by atoms with E-state index in [-0.39, 0.29) is 6.04 Å². The average molecular weight is 277 g/mol. The maximum Gasteiger partial charge on any atom is 0.100 e. The van der Waals surface area contributed by atoms with Gasteiger partial charge in [0.2, 0.25) is 0 Å². The van der Waals surface area contributed by atoms with Crippen LogP contribution in [0.1, 0.15) is 25.3 Å². The van der Waals surface area contributed by atoms with Crippen LogP contribution in [0.3, 0.4) is 0 Å². The average Bonchev–Trinajstić information content (AvgIpc) is 2.28. The number of nitriles is 1. The lowest BCUT2D eigenvalue weighted by Crippen LogP contribution is -2.16. The Labute approximate surface area is 105 Å².